The minimum absolute atomic E-state index is 0.331. The highest BCUT2D eigenvalue weighted by Crippen LogP contribution is 2.17. The van der Waals surface area contributed by atoms with Crippen molar-refractivity contribution >= 4 is 0 Å². The second-order valence-corrected chi connectivity index (χ2v) is 4.57. The summed E-state index contributed by atoms with van der Waals surface area (Å²) in [6, 6.07) is 10.9. The van der Waals surface area contributed by atoms with E-state index in [-0.39, 0.29) is 0 Å². The maximum Gasteiger partial charge on any atom is 0.0537 e. The van der Waals surface area contributed by atoms with Crippen LogP contribution in [0.2, 0.25) is 0 Å². The third-order valence-electron chi connectivity index (χ3n) is 3.14. The summed E-state index contributed by atoms with van der Waals surface area (Å²) >= 11 is 0. The Morgan fingerprint density at radius 2 is 2.06 bits per heavy atom. The third kappa shape index (κ3) is 3.20. The molecule has 1 aromatic heterocycles. The largest absolute Gasteiger partial charge is 0.313 e. The van der Waals surface area contributed by atoms with Crippen molar-refractivity contribution in [3.8, 4) is 0 Å². The van der Waals surface area contributed by atoms with Crippen molar-refractivity contribution in [2.75, 3.05) is 7.05 Å². The summed E-state index contributed by atoms with van der Waals surface area (Å²) in [5.41, 5.74) is 2.61. The van der Waals surface area contributed by atoms with Gasteiger partial charge in [0, 0.05) is 24.3 Å². The first-order valence-corrected chi connectivity index (χ1v) is 6.57. The molecule has 0 spiro atoms. The zero-order valence-corrected chi connectivity index (χ0v) is 11.1. The SMILES string of the molecule is CCCn1cc(C(Cc2ccccc2)NC)cn1. The zero-order chi connectivity index (χ0) is 12.8. The van der Waals surface area contributed by atoms with Crippen molar-refractivity contribution in [1.29, 1.82) is 0 Å². The summed E-state index contributed by atoms with van der Waals surface area (Å²) in [5.74, 6) is 0. The van der Waals surface area contributed by atoms with Gasteiger partial charge in [0.05, 0.1) is 6.20 Å². The minimum Gasteiger partial charge on any atom is -0.313 e. The van der Waals surface area contributed by atoms with E-state index in [4.69, 9.17) is 0 Å². The molecule has 0 aliphatic heterocycles. The molecule has 2 aromatic rings. The van der Waals surface area contributed by atoms with Crippen molar-refractivity contribution in [2.45, 2.75) is 32.4 Å². The zero-order valence-electron chi connectivity index (χ0n) is 11.1. The number of likely N-dealkylation sites (N-methyl/N-ethyl adjacent to an activating group) is 1. The lowest BCUT2D eigenvalue weighted by molar-refractivity contribution is 0.582. The Bertz CT molecular complexity index is 462. The first kappa shape index (κ1) is 12.8. The summed E-state index contributed by atoms with van der Waals surface area (Å²) in [6.45, 7) is 3.16. The van der Waals surface area contributed by atoms with Crippen LogP contribution in [0.1, 0.15) is 30.5 Å². The van der Waals surface area contributed by atoms with Crippen LogP contribution >= 0.6 is 0 Å². The van der Waals surface area contributed by atoms with Crippen LogP contribution in [-0.2, 0) is 13.0 Å². The Balaban J connectivity index is 2.08. The highest BCUT2D eigenvalue weighted by atomic mass is 15.3. The molecule has 3 nitrogen and oxygen atoms in total. The minimum atomic E-state index is 0.331. The Morgan fingerprint density at radius 3 is 2.72 bits per heavy atom. The normalized spacial score (nSPS) is 12.6. The third-order valence-corrected chi connectivity index (χ3v) is 3.14. The lowest BCUT2D eigenvalue weighted by Crippen LogP contribution is -2.18. The lowest BCUT2D eigenvalue weighted by atomic mass is 10.0. The summed E-state index contributed by atoms with van der Waals surface area (Å²) in [5, 5.41) is 7.76. The van der Waals surface area contributed by atoms with Crippen LogP contribution < -0.4 is 5.32 Å². The van der Waals surface area contributed by atoms with Crippen LogP contribution in [0.5, 0.6) is 0 Å². The van der Waals surface area contributed by atoms with Gasteiger partial charge >= 0.3 is 0 Å². The van der Waals surface area contributed by atoms with Crippen LogP contribution in [-0.4, -0.2) is 16.8 Å². The fourth-order valence-corrected chi connectivity index (χ4v) is 2.15. The van der Waals surface area contributed by atoms with Gasteiger partial charge in [-0.3, -0.25) is 4.68 Å². The summed E-state index contributed by atoms with van der Waals surface area (Å²) < 4.78 is 2.02. The van der Waals surface area contributed by atoms with Gasteiger partial charge in [0.2, 0.25) is 0 Å². The molecule has 18 heavy (non-hydrogen) atoms. The molecule has 0 bridgehead atoms. The van der Waals surface area contributed by atoms with Gasteiger partial charge in [-0.25, -0.2) is 0 Å². The number of aromatic nitrogens is 2. The molecule has 1 heterocycles. The Labute approximate surface area is 109 Å². The molecule has 0 saturated heterocycles. The molecular formula is C15H21N3. The first-order valence-electron chi connectivity index (χ1n) is 6.57. The number of benzene rings is 1. The van der Waals surface area contributed by atoms with Gasteiger partial charge in [0.15, 0.2) is 0 Å². The molecule has 1 aromatic carbocycles. The summed E-state index contributed by atoms with van der Waals surface area (Å²) in [6.07, 6.45) is 6.23. The van der Waals surface area contributed by atoms with E-state index < -0.39 is 0 Å². The molecule has 0 saturated carbocycles. The number of hydrogen-bond acceptors (Lipinski definition) is 2. The number of aryl methyl sites for hydroxylation is 1. The molecule has 1 N–H and O–H groups in total. The molecule has 0 fully saturated rings. The van der Waals surface area contributed by atoms with E-state index in [9.17, 15) is 0 Å². The summed E-state index contributed by atoms with van der Waals surface area (Å²) in [7, 11) is 2.00. The molecule has 0 aliphatic rings. The van der Waals surface area contributed by atoms with Gasteiger partial charge in [-0.2, -0.15) is 5.10 Å². The fourth-order valence-electron chi connectivity index (χ4n) is 2.15. The van der Waals surface area contributed by atoms with Gasteiger partial charge < -0.3 is 5.32 Å². The monoisotopic (exact) mass is 243 g/mol. The van der Waals surface area contributed by atoms with E-state index in [0.29, 0.717) is 6.04 Å². The van der Waals surface area contributed by atoms with Crippen LogP contribution in [0, 0.1) is 0 Å². The number of hydrogen-bond donors (Lipinski definition) is 1. The molecule has 1 unspecified atom stereocenters. The van der Waals surface area contributed by atoms with E-state index in [1.54, 1.807) is 0 Å². The van der Waals surface area contributed by atoms with Crippen LogP contribution in [0.15, 0.2) is 42.7 Å². The average Bonchev–Trinajstić information content (AvgIpc) is 2.86. The predicted molar refractivity (Wildman–Crippen MR) is 74.5 cm³/mol. The maximum atomic E-state index is 4.39. The van der Waals surface area contributed by atoms with Crippen LogP contribution in [0.25, 0.3) is 0 Å². The quantitative estimate of drug-likeness (QED) is 0.845. The van der Waals surface area contributed by atoms with Crippen molar-refractivity contribution in [1.82, 2.24) is 15.1 Å². The molecule has 0 amide bonds. The lowest BCUT2D eigenvalue weighted by Gasteiger charge is -2.14. The second-order valence-electron chi connectivity index (χ2n) is 4.57. The number of nitrogens with zero attached hydrogens (tertiary/aromatic N) is 2. The van der Waals surface area contributed by atoms with Crippen molar-refractivity contribution in [3.63, 3.8) is 0 Å². The molecule has 1 atom stereocenters. The molecule has 3 heteroatoms. The van der Waals surface area contributed by atoms with Gasteiger partial charge in [-0.15, -0.1) is 0 Å². The maximum absolute atomic E-state index is 4.39. The standard InChI is InChI=1S/C15H21N3/c1-3-9-18-12-14(11-17-18)15(16-2)10-13-7-5-4-6-8-13/h4-8,11-12,15-16H,3,9-10H2,1-2H3. The van der Waals surface area contributed by atoms with Gasteiger partial charge in [0.25, 0.3) is 0 Å². The Morgan fingerprint density at radius 1 is 1.28 bits per heavy atom. The van der Waals surface area contributed by atoms with E-state index >= 15 is 0 Å². The average molecular weight is 243 g/mol. The van der Waals surface area contributed by atoms with Gasteiger partial charge in [-0.05, 0) is 25.5 Å². The Kier molecular flexibility index (Phi) is 4.53. The van der Waals surface area contributed by atoms with Crippen LogP contribution in [0.4, 0.5) is 0 Å². The van der Waals surface area contributed by atoms with E-state index in [1.807, 2.05) is 17.9 Å². The van der Waals surface area contributed by atoms with E-state index in [0.717, 1.165) is 19.4 Å². The fraction of sp³-hybridized carbons (Fsp3) is 0.400. The van der Waals surface area contributed by atoms with Crippen molar-refractivity contribution in [3.05, 3.63) is 53.9 Å². The van der Waals surface area contributed by atoms with Crippen LogP contribution in [0.3, 0.4) is 0 Å². The predicted octanol–water partition coefficient (Wildman–Crippen LogP) is 2.80. The summed E-state index contributed by atoms with van der Waals surface area (Å²) in [4.78, 5) is 0. The number of rotatable bonds is 6. The molecule has 0 aliphatic carbocycles. The molecular weight excluding hydrogens is 222 g/mol. The van der Waals surface area contributed by atoms with Gasteiger partial charge in [-0.1, -0.05) is 37.3 Å². The molecule has 96 valence electrons. The van der Waals surface area contributed by atoms with Crippen molar-refractivity contribution in [2.24, 2.45) is 0 Å². The highest BCUT2D eigenvalue weighted by molar-refractivity contribution is 5.20. The Hall–Kier alpha value is -1.61. The van der Waals surface area contributed by atoms with E-state index in [2.05, 4.69) is 53.9 Å². The number of nitrogens with one attached hydrogen (secondary N) is 1. The van der Waals surface area contributed by atoms with E-state index in [1.165, 1.54) is 11.1 Å². The molecule has 2 rings (SSSR count). The topological polar surface area (TPSA) is 29.9 Å². The second kappa shape index (κ2) is 6.36. The molecule has 0 radical (unpaired) electrons. The first-order chi connectivity index (χ1) is 8.83. The van der Waals surface area contributed by atoms with Crippen molar-refractivity contribution < 1.29 is 0 Å². The smallest absolute Gasteiger partial charge is 0.0537 e. The highest BCUT2D eigenvalue weighted by Gasteiger charge is 2.11. The van der Waals surface area contributed by atoms with Gasteiger partial charge in [0.1, 0.15) is 0 Å².